The first-order chi connectivity index (χ1) is 36.2. The first-order valence-electron chi connectivity index (χ1n) is 25.1. The van der Waals surface area contributed by atoms with Crippen molar-refractivity contribution in [3.63, 3.8) is 0 Å². The van der Waals surface area contributed by atoms with E-state index in [2.05, 4.69) is 299 Å². The highest BCUT2D eigenvalue weighted by atomic mass is 15.1. The minimum atomic E-state index is 1.09. The Kier molecular flexibility index (Phi) is 10.2. The smallest absolute Gasteiger partial charge is 0.0547 e. The van der Waals surface area contributed by atoms with Crippen LogP contribution in [0.4, 0.5) is 17.1 Å². The van der Waals surface area contributed by atoms with Gasteiger partial charge in [0.15, 0.2) is 0 Å². The second kappa shape index (κ2) is 17.6. The van der Waals surface area contributed by atoms with E-state index >= 15 is 0 Å². The maximum Gasteiger partial charge on any atom is 0.0547 e. The van der Waals surface area contributed by atoms with Gasteiger partial charge in [0.2, 0.25) is 0 Å². The summed E-state index contributed by atoms with van der Waals surface area (Å²) in [6, 6.07) is 104. The van der Waals surface area contributed by atoms with E-state index in [1.54, 1.807) is 0 Å². The van der Waals surface area contributed by atoms with Gasteiger partial charge < -0.3 is 14.0 Å². The molecular weight excluding hydrogens is 883 g/mol. The zero-order chi connectivity index (χ0) is 48.2. The molecule has 0 atom stereocenters. The normalized spacial score (nSPS) is 11.6. The summed E-state index contributed by atoms with van der Waals surface area (Å²) < 4.78 is 4.76. The number of fused-ring (bicyclic) bond motifs is 7. The molecule has 0 aliphatic carbocycles. The van der Waals surface area contributed by atoms with Crippen molar-refractivity contribution in [1.29, 1.82) is 0 Å². The predicted molar refractivity (Wildman–Crippen MR) is 309 cm³/mol. The molecule has 0 N–H and O–H groups in total. The number of hydrogen-bond acceptors (Lipinski definition) is 1. The number of benzene rings is 12. The number of hydrogen-bond donors (Lipinski definition) is 0. The zero-order valence-electron chi connectivity index (χ0n) is 40.0. The van der Waals surface area contributed by atoms with Gasteiger partial charge in [-0.05, 0) is 135 Å². The van der Waals surface area contributed by atoms with Crippen molar-refractivity contribution in [2.75, 3.05) is 4.90 Å². The standard InChI is InChI=1S/C70H47N3/c1-4-16-48(17-5-1)50-32-38-57(39-33-50)71(68-45-43-59(60-22-10-11-23-61(60)68)54-37-44-69-65(46-54)63-25-13-15-27-67(63)72(69)55-18-6-2-7-19-55)58-40-34-51(35-41-58)49-28-30-52(31-29-49)53-36-42-64-62-24-12-14-26-66(62)73(70(64)47-53)56-20-8-3-9-21-56/h1-47H. The van der Waals surface area contributed by atoms with E-state index in [-0.39, 0.29) is 0 Å². The average Bonchev–Trinajstić information content (AvgIpc) is 3.98. The molecule has 0 aliphatic rings. The molecule has 0 amide bonds. The van der Waals surface area contributed by atoms with Gasteiger partial charge in [-0.25, -0.2) is 0 Å². The van der Waals surface area contributed by atoms with Crippen molar-refractivity contribution in [1.82, 2.24) is 9.13 Å². The molecule has 73 heavy (non-hydrogen) atoms. The monoisotopic (exact) mass is 929 g/mol. The molecule has 12 aromatic carbocycles. The van der Waals surface area contributed by atoms with Gasteiger partial charge in [-0.2, -0.15) is 0 Å². The first-order valence-corrected chi connectivity index (χ1v) is 25.1. The molecule has 3 nitrogen and oxygen atoms in total. The molecule has 14 aromatic rings. The van der Waals surface area contributed by atoms with Crippen molar-refractivity contribution in [2.45, 2.75) is 0 Å². The highest BCUT2D eigenvalue weighted by Crippen LogP contribution is 2.44. The van der Waals surface area contributed by atoms with Crippen LogP contribution in [-0.4, -0.2) is 9.13 Å². The Bertz CT molecular complexity index is 4320. The Balaban J connectivity index is 0.838. The van der Waals surface area contributed by atoms with Crippen molar-refractivity contribution >= 4 is 71.4 Å². The molecule has 0 bridgehead atoms. The third-order valence-electron chi connectivity index (χ3n) is 14.7. The summed E-state index contributed by atoms with van der Waals surface area (Å²) in [6.45, 7) is 0. The summed E-state index contributed by atoms with van der Waals surface area (Å²) in [6.07, 6.45) is 0. The highest BCUT2D eigenvalue weighted by molar-refractivity contribution is 6.13. The van der Waals surface area contributed by atoms with Crippen LogP contribution in [-0.2, 0) is 0 Å². The van der Waals surface area contributed by atoms with Crippen LogP contribution in [0.3, 0.4) is 0 Å². The van der Waals surface area contributed by atoms with Gasteiger partial charge in [0.05, 0.1) is 27.8 Å². The van der Waals surface area contributed by atoms with E-state index in [0.717, 1.165) is 28.4 Å². The van der Waals surface area contributed by atoms with Gasteiger partial charge in [0.1, 0.15) is 0 Å². The lowest BCUT2D eigenvalue weighted by Gasteiger charge is -2.28. The van der Waals surface area contributed by atoms with Crippen LogP contribution >= 0.6 is 0 Å². The second-order valence-corrected chi connectivity index (χ2v) is 18.9. The van der Waals surface area contributed by atoms with Crippen LogP contribution in [0.1, 0.15) is 0 Å². The minimum absolute atomic E-state index is 1.09. The first kappa shape index (κ1) is 42.2. The SMILES string of the molecule is c1ccc(-c2ccc(N(c3ccc(-c4ccc(-c5ccc6c7ccccc7n(-c7ccccc7)c6c5)cc4)cc3)c3ccc(-c4ccc5c(c4)c4ccccc4n5-c4ccccc4)c4ccccc34)cc2)cc1. The van der Waals surface area contributed by atoms with Crippen LogP contribution in [0.2, 0.25) is 0 Å². The van der Waals surface area contributed by atoms with Crippen LogP contribution in [0.5, 0.6) is 0 Å². The fraction of sp³-hybridized carbons (Fsp3) is 0. The van der Waals surface area contributed by atoms with E-state index in [9.17, 15) is 0 Å². The van der Waals surface area contributed by atoms with Crippen molar-refractivity contribution in [2.24, 2.45) is 0 Å². The van der Waals surface area contributed by atoms with Crippen molar-refractivity contribution in [3.8, 4) is 55.9 Å². The summed E-state index contributed by atoms with van der Waals surface area (Å²) in [7, 11) is 0. The molecule has 2 aromatic heterocycles. The number of aromatic nitrogens is 2. The quantitative estimate of drug-likeness (QED) is 0.141. The van der Waals surface area contributed by atoms with Gasteiger partial charge in [0, 0.05) is 49.7 Å². The Labute approximate surface area is 424 Å². The molecule has 0 spiro atoms. The van der Waals surface area contributed by atoms with E-state index < -0.39 is 0 Å². The molecule has 14 rings (SSSR count). The summed E-state index contributed by atoms with van der Waals surface area (Å²) in [5.74, 6) is 0. The Morgan fingerprint density at radius 2 is 0.616 bits per heavy atom. The summed E-state index contributed by atoms with van der Waals surface area (Å²) in [4.78, 5) is 2.41. The third-order valence-corrected chi connectivity index (χ3v) is 14.7. The van der Waals surface area contributed by atoms with E-state index in [0.29, 0.717) is 0 Å². The molecule has 3 heteroatoms. The van der Waals surface area contributed by atoms with E-state index in [1.807, 2.05) is 0 Å². The maximum atomic E-state index is 2.41. The Hall–Kier alpha value is -9.70. The van der Waals surface area contributed by atoms with Gasteiger partial charge >= 0.3 is 0 Å². The predicted octanol–water partition coefficient (Wildman–Crippen LogP) is 19.2. The lowest BCUT2D eigenvalue weighted by molar-refractivity contribution is 1.18. The number of para-hydroxylation sites is 4. The molecule has 0 fully saturated rings. The third kappa shape index (κ3) is 7.29. The molecule has 0 unspecified atom stereocenters. The number of anilines is 3. The lowest BCUT2D eigenvalue weighted by Crippen LogP contribution is -2.10. The molecule has 0 aliphatic heterocycles. The Morgan fingerprint density at radius 3 is 1.21 bits per heavy atom. The molecule has 0 saturated heterocycles. The summed E-state index contributed by atoms with van der Waals surface area (Å²) in [5.41, 5.74) is 19.9. The average molecular weight is 930 g/mol. The topological polar surface area (TPSA) is 13.1 Å². The van der Waals surface area contributed by atoms with Gasteiger partial charge in [-0.15, -0.1) is 0 Å². The largest absolute Gasteiger partial charge is 0.310 e. The molecule has 0 saturated carbocycles. The molecular formula is C70H47N3. The fourth-order valence-electron chi connectivity index (χ4n) is 11.2. The summed E-state index contributed by atoms with van der Waals surface area (Å²) in [5, 5.41) is 7.39. The van der Waals surface area contributed by atoms with E-state index in [4.69, 9.17) is 0 Å². The van der Waals surface area contributed by atoms with Crippen LogP contribution in [0, 0.1) is 0 Å². The zero-order valence-corrected chi connectivity index (χ0v) is 40.0. The van der Waals surface area contributed by atoms with Crippen LogP contribution < -0.4 is 4.90 Å². The van der Waals surface area contributed by atoms with Crippen LogP contribution in [0.25, 0.3) is 110 Å². The minimum Gasteiger partial charge on any atom is -0.310 e. The highest BCUT2D eigenvalue weighted by Gasteiger charge is 2.20. The summed E-state index contributed by atoms with van der Waals surface area (Å²) >= 11 is 0. The fourth-order valence-corrected chi connectivity index (χ4v) is 11.2. The molecule has 342 valence electrons. The molecule has 2 heterocycles. The molecule has 0 radical (unpaired) electrons. The maximum absolute atomic E-state index is 2.41. The Morgan fingerprint density at radius 1 is 0.219 bits per heavy atom. The van der Waals surface area contributed by atoms with Gasteiger partial charge in [0.25, 0.3) is 0 Å². The second-order valence-electron chi connectivity index (χ2n) is 18.9. The lowest BCUT2D eigenvalue weighted by atomic mass is 9.95. The number of rotatable bonds is 9. The van der Waals surface area contributed by atoms with Crippen molar-refractivity contribution < 1.29 is 0 Å². The van der Waals surface area contributed by atoms with Gasteiger partial charge in [-0.3, -0.25) is 0 Å². The number of nitrogens with zero attached hydrogens (tertiary/aromatic N) is 3. The van der Waals surface area contributed by atoms with Crippen LogP contribution in [0.15, 0.2) is 285 Å². The van der Waals surface area contributed by atoms with Crippen molar-refractivity contribution in [3.05, 3.63) is 285 Å². The van der Waals surface area contributed by atoms with E-state index in [1.165, 1.54) is 98.9 Å². The van der Waals surface area contributed by atoms with Gasteiger partial charge in [-0.1, -0.05) is 200 Å².